The van der Waals surface area contributed by atoms with Gasteiger partial charge in [-0.2, -0.15) is 0 Å². The Balaban J connectivity index is 1.52. The van der Waals surface area contributed by atoms with Crippen LogP contribution in [0.3, 0.4) is 0 Å². The van der Waals surface area contributed by atoms with E-state index in [1.54, 1.807) is 6.20 Å². The number of carbonyl (C=O) groups is 2. The zero-order valence-electron chi connectivity index (χ0n) is 18.8. The van der Waals surface area contributed by atoms with Crippen LogP contribution in [0.1, 0.15) is 44.0 Å². The molecule has 0 spiro atoms. The Kier molecular flexibility index (Phi) is 8.50. The maximum Gasteiger partial charge on any atom is 0.317 e. The molecular formula is C24H35N5O2. The van der Waals surface area contributed by atoms with E-state index in [-0.39, 0.29) is 18.0 Å². The number of hydrogen-bond acceptors (Lipinski definition) is 3. The molecule has 2 aromatic rings. The fourth-order valence-electron chi connectivity index (χ4n) is 4.12. The summed E-state index contributed by atoms with van der Waals surface area (Å²) in [5.41, 5.74) is 1.19. The van der Waals surface area contributed by atoms with E-state index in [4.69, 9.17) is 0 Å². The summed E-state index contributed by atoms with van der Waals surface area (Å²) in [5, 5.41) is 3.03. The van der Waals surface area contributed by atoms with Gasteiger partial charge in [0.15, 0.2) is 0 Å². The van der Waals surface area contributed by atoms with Crippen LogP contribution in [-0.4, -0.2) is 63.5 Å². The van der Waals surface area contributed by atoms with Gasteiger partial charge in [0.25, 0.3) is 0 Å². The van der Waals surface area contributed by atoms with Crippen molar-refractivity contribution in [1.82, 2.24) is 24.7 Å². The first-order chi connectivity index (χ1) is 15.1. The molecule has 1 aliphatic heterocycles. The van der Waals surface area contributed by atoms with Crippen molar-refractivity contribution in [2.45, 2.75) is 58.5 Å². The van der Waals surface area contributed by atoms with Crippen LogP contribution in [0.25, 0.3) is 0 Å². The predicted octanol–water partition coefficient (Wildman–Crippen LogP) is 3.24. The number of aromatic nitrogens is 2. The standard InChI is InChI=1S/C24H35N5O2/c1-3-13-26-24(31)29(19-18-27-17-14-25-20(27)2)22-11-15-28(16-12-22)23(30)10-9-21-7-5-4-6-8-21/h4-8,14,17,22H,3,9-13,15-16,18-19H2,1-2H3,(H,26,31). The van der Waals surface area contributed by atoms with E-state index in [9.17, 15) is 9.59 Å². The highest BCUT2D eigenvalue weighted by Crippen LogP contribution is 2.18. The van der Waals surface area contributed by atoms with Crippen molar-refractivity contribution in [3.05, 3.63) is 54.1 Å². The van der Waals surface area contributed by atoms with Gasteiger partial charge in [-0.25, -0.2) is 9.78 Å². The highest BCUT2D eigenvalue weighted by molar-refractivity contribution is 5.77. The Labute approximate surface area is 185 Å². The lowest BCUT2D eigenvalue weighted by molar-refractivity contribution is -0.132. The molecule has 2 heterocycles. The van der Waals surface area contributed by atoms with Crippen molar-refractivity contribution in [3.63, 3.8) is 0 Å². The number of carbonyl (C=O) groups excluding carboxylic acids is 2. The topological polar surface area (TPSA) is 70.5 Å². The lowest BCUT2D eigenvalue weighted by Gasteiger charge is -2.38. The summed E-state index contributed by atoms with van der Waals surface area (Å²) in [6.07, 6.45) is 7.60. The molecule has 1 N–H and O–H groups in total. The maximum absolute atomic E-state index is 12.8. The van der Waals surface area contributed by atoms with Gasteiger partial charge in [-0.05, 0) is 38.2 Å². The number of piperidine rings is 1. The molecule has 0 atom stereocenters. The highest BCUT2D eigenvalue weighted by atomic mass is 16.2. The molecule has 3 amide bonds. The molecule has 0 aliphatic carbocycles. The second-order valence-corrected chi connectivity index (χ2v) is 8.19. The van der Waals surface area contributed by atoms with Crippen LogP contribution in [0, 0.1) is 6.92 Å². The Morgan fingerprint density at radius 2 is 1.94 bits per heavy atom. The smallest absolute Gasteiger partial charge is 0.317 e. The normalized spacial score (nSPS) is 14.5. The van der Waals surface area contributed by atoms with Crippen molar-refractivity contribution in [2.24, 2.45) is 0 Å². The van der Waals surface area contributed by atoms with Gasteiger partial charge in [0.1, 0.15) is 5.82 Å². The average Bonchev–Trinajstić information content (AvgIpc) is 3.22. The molecule has 31 heavy (non-hydrogen) atoms. The van der Waals surface area contributed by atoms with Crippen molar-refractivity contribution in [3.8, 4) is 0 Å². The molecule has 0 unspecified atom stereocenters. The summed E-state index contributed by atoms with van der Waals surface area (Å²) in [4.78, 5) is 33.7. The van der Waals surface area contributed by atoms with Crippen LogP contribution in [0.15, 0.2) is 42.7 Å². The average molecular weight is 426 g/mol. The van der Waals surface area contributed by atoms with Gasteiger partial charge in [-0.3, -0.25) is 4.79 Å². The molecule has 168 valence electrons. The summed E-state index contributed by atoms with van der Waals surface area (Å²) in [7, 11) is 0. The number of rotatable bonds is 9. The third-order valence-corrected chi connectivity index (χ3v) is 6.02. The molecule has 0 radical (unpaired) electrons. The van der Waals surface area contributed by atoms with Crippen LogP contribution < -0.4 is 5.32 Å². The Morgan fingerprint density at radius 3 is 2.58 bits per heavy atom. The third-order valence-electron chi connectivity index (χ3n) is 6.02. The van der Waals surface area contributed by atoms with Crippen molar-refractivity contribution >= 4 is 11.9 Å². The number of nitrogens with zero attached hydrogens (tertiary/aromatic N) is 4. The molecule has 7 nitrogen and oxygen atoms in total. The van der Waals surface area contributed by atoms with E-state index in [1.807, 2.05) is 41.1 Å². The van der Waals surface area contributed by atoms with Crippen molar-refractivity contribution < 1.29 is 9.59 Å². The van der Waals surface area contributed by atoms with Gasteiger partial charge in [0, 0.05) is 57.6 Å². The van der Waals surface area contributed by atoms with Gasteiger partial charge >= 0.3 is 6.03 Å². The zero-order valence-corrected chi connectivity index (χ0v) is 18.8. The van der Waals surface area contributed by atoms with E-state index in [2.05, 4.69) is 33.9 Å². The van der Waals surface area contributed by atoms with Crippen LogP contribution in [-0.2, 0) is 17.8 Å². The molecule has 1 aromatic carbocycles. The highest BCUT2D eigenvalue weighted by Gasteiger charge is 2.29. The van der Waals surface area contributed by atoms with E-state index < -0.39 is 0 Å². The zero-order chi connectivity index (χ0) is 22.1. The van der Waals surface area contributed by atoms with Gasteiger partial charge in [-0.1, -0.05) is 37.3 Å². The van der Waals surface area contributed by atoms with Gasteiger partial charge in [0.2, 0.25) is 5.91 Å². The van der Waals surface area contributed by atoms with Crippen molar-refractivity contribution in [1.29, 1.82) is 0 Å². The fourth-order valence-corrected chi connectivity index (χ4v) is 4.12. The summed E-state index contributed by atoms with van der Waals surface area (Å²) >= 11 is 0. The van der Waals surface area contributed by atoms with Crippen LogP contribution in [0.4, 0.5) is 4.79 Å². The van der Waals surface area contributed by atoms with E-state index in [0.29, 0.717) is 32.6 Å². The predicted molar refractivity (Wildman–Crippen MR) is 122 cm³/mol. The lowest BCUT2D eigenvalue weighted by Crippen LogP contribution is -2.52. The van der Waals surface area contributed by atoms with Crippen LogP contribution in [0.2, 0.25) is 0 Å². The quantitative estimate of drug-likeness (QED) is 0.671. The van der Waals surface area contributed by atoms with Crippen LogP contribution >= 0.6 is 0 Å². The number of aryl methyl sites for hydroxylation is 2. The number of nitrogens with one attached hydrogen (secondary N) is 1. The Hall–Kier alpha value is -2.83. The number of likely N-dealkylation sites (tertiary alicyclic amines) is 1. The number of amides is 3. The minimum Gasteiger partial charge on any atom is -0.343 e. The molecule has 0 saturated carbocycles. The first kappa shape index (κ1) is 22.8. The molecule has 7 heteroatoms. The first-order valence-corrected chi connectivity index (χ1v) is 11.4. The number of benzene rings is 1. The lowest BCUT2D eigenvalue weighted by atomic mass is 10.0. The molecule has 1 fully saturated rings. The molecular weight excluding hydrogens is 390 g/mol. The third kappa shape index (κ3) is 6.57. The molecule has 1 aliphatic rings. The Bertz CT molecular complexity index is 828. The van der Waals surface area contributed by atoms with Gasteiger partial charge in [0.05, 0.1) is 0 Å². The minimum atomic E-state index is -0.00604. The fraction of sp³-hybridized carbons (Fsp3) is 0.542. The molecule has 1 saturated heterocycles. The van der Waals surface area contributed by atoms with E-state index >= 15 is 0 Å². The molecule has 0 bridgehead atoms. The van der Waals surface area contributed by atoms with Crippen LogP contribution in [0.5, 0.6) is 0 Å². The Morgan fingerprint density at radius 1 is 1.19 bits per heavy atom. The summed E-state index contributed by atoms with van der Waals surface area (Å²) in [5.74, 6) is 1.16. The maximum atomic E-state index is 12.8. The first-order valence-electron chi connectivity index (χ1n) is 11.4. The van der Waals surface area contributed by atoms with Gasteiger partial charge < -0.3 is 19.7 Å². The number of hydrogen-bond donors (Lipinski definition) is 1. The molecule has 3 rings (SSSR count). The van der Waals surface area contributed by atoms with E-state index in [0.717, 1.165) is 38.1 Å². The van der Waals surface area contributed by atoms with Gasteiger partial charge in [-0.15, -0.1) is 0 Å². The van der Waals surface area contributed by atoms with Crippen molar-refractivity contribution in [2.75, 3.05) is 26.2 Å². The largest absolute Gasteiger partial charge is 0.343 e. The SMILES string of the molecule is CCCNC(=O)N(CCn1ccnc1C)C1CCN(C(=O)CCc2ccccc2)CC1. The summed E-state index contributed by atoms with van der Waals surface area (Å²) in [6, 6.07) is 10.3. The van der Waals surface area contributed by atoms with E-state index in [1.165, 1.54) is 5.56 Å². The second-order valence-electron chi connectivity index (χ2n) is 8.19. The monoisotopic (exact) mass is 425 g/mol. The summed E-state index contributed by atoms with van der Waals surface area (Å²) in [6.45, 7) is 7.48. The number of urea groups is 1. The number of imidazole rings is 1. The minimum absolute atomic E-state index is 0.00604. The second kappa shape index (κ2) is 11.5. The summed E-state index contributed by atoms with van der Waals surface area (Å²) < 4.78 is 2.07. The molecule has 1 aromatic heterocycles.